The van der Waals surface area contributed by atoms with Gasteiger partial charge in [0.1, 0.15) is 5.82 Å². The molecule has 5 heteroatoms. The van der Waals surface area contributed by atoms with E-state index in [2.05, 4.69) is 39.9 Å². The molecule has 3 rings (SSSR count). The van der Waals surface area contributed by atoms with Crippen LogP contribution in [-0.2, 0) is 13.1 Å². The summed E-state index contributed by atoms with van der Waals surface area (Å²) in [6.07, 6.45) is 7.98. The van der Waals surface area contributed by atoms with Gasteiger partial charge in [-0.1, -0.05) is 6.07 Å². The highest BCUT2D eigenvalue weighted by atomic mass is 15.2. The van der Waals surface area contributed by atoms with Crippen molar-refractivity contribution in [1.82, 2.24) is 24.8 Å². The van der Waals surface area contributed by atoms with E-state index in [1.165, 1.54) is 12.0 Å². The molecule has 0 saturated carbocycles. The van der Waals surface area contributed by atoms with Gasteiger partial charge in [0.2, 0.25) is 0 Å². The van der Waals surface area contributed by atoms with Gasteiger partial charge in [-0.25, -0.2) is 9.97 Å². The Morgan fingerprint density at radius 3 is 2.95 bits per heavy atom. The summed E-state index contributed by atoms with van der Waals surface area (Å²) in [5.74, 6) is 0.959. The lowest BCUT2D eigenvalue weighted by molar-refractivity contribution is 0.238. The van der Waals surface area contributed by atoms with Crippen molar-refractivity contribution in [2.45, 2.75) is 32.0 Å². The molecule has 5 nitrogen and oxygen atoms in total. The summed E-state index contributed by atoms with van der Waals surface area (Å²) in [5.41, 5.74) is 2.34. The highest BCUT2D eigenvalue weighted by Crippen LogP contribution is 2.31. The molecular weight excluding hydrogens is 274 g/mol. The van der Waals surface area contributed by atoms with E-state index in [4.69, 9.17) is 4.98 Å². The predicted molar refractivity (Wildman–Crippen MR) is 86.0 cm³/mol. The molecular formula is C17H23N5. The molecule has 2 aromatic heterocycles. The van der Waals surface area contributed by atoms with Crippen molar-refractivity contribution < 1.29 is 0 Å². The number of rotatable bonds is 5. The SMILES string of the molecule is CN(C)Cc1ccnc([C@H]2CCCN2Cc2cccnc2)n1. The van der Waals surface area contributed by atoms with Crippen molar-refractivity contribution in [1.29, 1.82) is 0 Å². The minimum atomic E-state index is 0.322. The number of nitrogens with zero attached hydrogens (tertiary/aromatic N) is 5. The zero-order chi connectivity index (χ0) is 15.4. The first kappa shape index (κ1) is 15.1. The van der Waals surface area contributed by atoms with Gasteiger partial charge < -0.3 is 4.90 Å². The third kappa shape index (κ3) is 3.67. The Morgan fingerprint density at radius 2 is 2.18 bits per heavy atom. The van der Waals surface area contributed by atoms with Gasteiger partial charge in [0, 0.05) is 31.7 Å². The van der Waals surface area contributed by atoms with Crippen molar-refractivity contribution in [3.8, 4) is 0 Å². The zero-order valence-electron chi connectivity index (χ0n) is 13.3. The Labute approximate surface area is 132 Å². The number of hydrogen-bond donors (Lipinski definition) is 0. The first-order valence-corrected chi connectivity index (χ1v) is 7.82. The number of aromatic nitrogens is 3. The van der Waals surface area contributed by atoms with Gasteiger partial charge in [0.25, 0.3) is 0 Å². The smallest absolute Gasteiger partial charge is 0.145 e. The molecule has 1 fully saturated rings. The number of hydrogen-bond acceptors (Lipinski definition) is 5. The van der Waals surface area contributed by atoms with Crippen molar-refractivity contribution in [2.24, 2.45) is 0 Å². The second-order valence-corrected chi connectivity index (χ2v) is 6.13. The first-order valence-electron chi connectivity index (χ1n) is 7.82. The number of pyridine rings is 1. The molecule has 0 spiro atoms. The van der Waals surface area contributed by atoms with Crippen LogP contribution in [-0.4, -0.2) is 45.4 Å². The van der Waals surface area contributed by atoms with E-state index < -0.39 is 0 Å². The normalized spacial score (nSPS) is 19.0. The number of likely N-dealkylation sites (tertiary alicyclic amines) is 1. The maximum absolute atomic E-state index is 4.78. The molecule has 3 heterocycles. The van der Waals surface area contributed by atoms with E-state index in [0.717, 1.165) is 37.6 Å². The van der Waals surface area contributed by atoms with Crippen LogP contribution < -0.4 is 0 Å². The molecule has 0 aliphatic carbocycles. The average molecular weight is 297 g/mol. The van der Waals surface area contributed by atoms with Crippen LogP contribution in [0.25, 0.3) is 0 Å². The van der Waals surface area contributed by atoms with Crippen molar-refractivity contribution in [3.63, 3.8) is 0 Å². The molecule has 2 aromatic rings. The first-order chi connectivity index (χ1) is 10.7. The van der Waals surface area contributed by atoms with Gasteiger partial charge in [0.15, 0.2) is 0 Å². The summed E-state index contributed by atoms with van der Waals surface area (Å²) in [6.45, 7) is 2.87. The molecule has 116 valence electrons. The summed E-state index contributed by atoms with van der Waals surface area (Å²) < 4.78 is 0. The fourth-order valence-corrected chi connectivity index (χ4v) is 3.02. The summed E-state index contributed by atoms with van der Waals surface area (Å²) in [6, 6.07) is 6.45. The van der Waals surface area contributed by atoms with Crippen LogP contribution in [0.15, 0.2) is 36.8 Å². The van der Waals surface area contributed by atoms with E-state index in [-0.39, 0.29) is 0 Å². The van der Waals surface area contributed by atoms with Gasteiger partial charge in [-0.15, -0.1) is 0 Å². The molecule has 0 N–H and O–H groups in total. The lowest BCUT2D eigenvalue weighted by Gasteiger charge is -2.23. The molecule has 0 amide bonds. The standard InChI is InChI=1S/C17H23N5/c1-21(2)13-15-7-9-19-17(20-15)16-6-4-10-22(16)12-14-5-3-8-18-11-14/h3,5,7-9,11,16H,4,6,10,12-13H2,1-2H3/t16-/m1/s1. The molecule has 22 heavy (non-hydrogen) atoms. The third-order valence-corrected chi connectivity index (χ3v) is 3.98. The van der Waals surface area contributed by atoms with E-state index in [1.54, 1.807) is 0 Å². The highest BCUT2D eigenvalue weighted by Gasteiger charge is 2.28. The maximum Gasteiger partial charge on any atom is 0.145 e. The summed E-state index contributed by atoms with van der Waals surface area (Å²) in [4.78, 5) is 18.1. The lowest BCUT2D eigenvalue weighted by Crippen LogP contribution is -2.25. The second kappa shape index (κ2) is 6.94. The van der Waals surface area contributed by atoms with E-state index in [0.29, 0.717) is 6.04 Å². The third-order valence-electron chi connectivity index (χ3n) is 3.98. The Hall–Kier alpha value is -1.85. The fourth-order valence-electron chi connectivity index (χ4n) is 3.02. The lowest BCUT2D eigenvalue weighted by atomic mass is 10.2. The molecule has 1 aliphatic heterocycles. The summed E-state index contributed by atoms with van der Waals surface area (Å²) in [7, 11) is 4.12. The minimum absolute atomic E-state index is 0.322. The molecule has 0 unspecified atom stereocenters. The predicted octanol–water partition coefficient (Wildman–Crippen LogP) is 2.27. The fraction of sp³-hybridized carbons (Fsp3) is 0.471. The topological polar surface area (TPSA) is 45.2 Å². The van der Waals surface area contributed by atoms with Gasteiger partial charge in [-0.2, -0.15) is 0 Å². The van der Waals surface area contributed by atoms with Gasteiger partial charge in [-0.3, -0.25) is 9.88 Å². The van der Waals surface area contributed by atoms with Crippen LogP contribution in [0.1, 0.15) is 36.0 Å². The highest BCUT2D eigenvalue weighted by molar-refractivity contribution is 5.11. The molecule has 1 saturated heterocycles. The summed E-state index contributed by atoms with van der Waals surface area (Å²) >= 11 is 0. The van der Waals surface area contributed by atoms with Crippen LogP contribution in [0.2, 0.25) is 0 Å². The zero-order valence-corrected chi connectivity index (χ0v) is 13.3. The van der Waals surface area contributed by atoms with Gasteiger partial charge in [0.05, 0.1) is 11.7 Å². The average Bonchev–Trinajstić information content (AvgIpc) is 2.96. The molecule has 1 aliphatic rings. The monoisotopic (exact) mass is 297 g/mol. The minimum Gasteiger partial charge on any atom is -0.304 e. The Bertz CT molecular complexity index is 599. The van der Waals surface area contributed by atoms with Crippen LogP contribution in [0, 0.1) is 0 Å². The van der Waals surface area contributed by atoms with Gasteiger partial charge >= 0.3 is 0 Å². The van der Waals surface area contributed by atoms with E-state index >= 15 is 0 Å². The second-order valence-electron chi connectivity index (χ2n) is 6.13. The molecule has 1 atom stereocenters. The molecule has 0 aromatic carbocycles. The van der Waals surface area contributed by atoms with Crippen molar-refractivity contribution in [2.75, 3.05) is 20.6 Å². The Morgan fingerprint density at radius 1 is 1.27 bits per heavy atom. The van der Waals surface area contributed by atoms with Gasteiger partial charge in [-0.05, 0) is 51.2 Å². The van der Waals surface area contributed by atoms with Crippen LogP contribution >= 0.6 is 0 Å². The molecule has 0 radical (unpaired) electrons. The summed E-state index contributed by atoms with van der Waals surface area (Å²) in [5, 5.41) is 0. The van der Waals surface area contributed by atoms with Crippen molar-refractivity contribution >= 4 is 0 Å². The Kier molecular flexibility index (Phi) is 4.75. The molecule has 0 bridgehead atoms. The van der Waals surface area contributed by atoms with E-state index in [1.807, 2.05) is 30.7 Å². The van der Waals surface area contributed by atoms with Crippen molar-refractivity contribution in [3.05, 3.63) is 53.9 Å². The van der Waals surface area contributed by atoms with Crippen LogP contribution in [0.3, 0.4) is 0 Å². The van der Waals surface area contributed by atoms with Crippen LogP contribution in [0.5, 0.6) is 0 Å². The largest absolute Gasteiger partial charge is 0.304 e. The van der Waals surface area contributed by atoms with Crippen LogP contribution in [0.4, 0.5) is 0 Å². The quantitative estimate of drug-likeness (QED) is 0.847. The van der Waals surface area contributed by atoms with E-state index in [9.17, 15) is 0 Å². The Balaban J connectivity index is 1.75. The maximum atomic E-state index is 4.78.